The molecule has 146 valence electrons. The largest absolute Gasteiger partial charge is 0.482 e. The number of ether oxygens (including phenoxy) is 1. The zero-order valence-electron chi connectivity index (χ0n) is 14.2. The SMILES string of the molecule is Nn1c(COc2ccccc2F)nnc1SCC(=O)Nc1ccc(Br)cc1Br. The highest BCUT2D eigenvalue weighted by Gasteiger charge is 2.14. The van der Waals surface area contributed by atoms with Crippen LogP contribution in [0, 0.1) is 5.82 Å². The van der Waals surface area contributed by atoms with Crippen LogP contribution in [0.15, 0.2) is 56.6 Å². The van der Waals surface area contributed by atoms with E-state index in [2.05, 4.69) is 47.4 Å². The van der Waals surface area contributed by atoms with Gasteiger partial charge in [0, 0.05) is 8.95 Å². The average molecular weight is 531 g/mol. The van der Waals surface area contributed by atoms with Crippen LogP contribution in [0.1, 0.15) is 5.82 Å². The summed E-state index contributed by atoms with van der Waals surface area (Å²) in [5, 5.41) is 11.0. The van der Waals surface area contributed by atoms with E-state index in [-0.39, 0.29) is 24.0 Å². The summed E-state index contributed by atoms with van der Waals surface area (Å²) in [6.07, 6.45) is 0. The Balaban J connectivity index is 1.55. The van der Waals surface area contributed by atoms with E-state index in [9.17, 15) is 9.18 Å². The lowest BCUT2D eigenvalue weighted by Gasteiger charge is -2.08. The summed E-state index contributed by atoms with van der Waals surface area (Å²) in [6.45, 7) is -0.0526. The number of nitrogens with zero attached hydrogens (tertiary/aromatic N) is 3. The van der Waals surface area contributed by atoms with Crippen molar-refractivity contribution in [3.8, 4) is 5.75 Å². The summed E-state index contributed by atoms with van der Waals surface area (Å²) in [5.41, 5.74) is 0.655. The summed E-state index contributed by atoms with van der Waals surface area (Å²) >= 11 is 7.87. The standard InChI is InChI=1S/C17H14Br2FN5O2S/c18-10-5-6-13(11(19)7-10)22-16(26)9-28-17-24-23-15(25(17)21)8-27-14-4-2-1-3-12(14)20/h1-7H,8-9,21H2,(H,22,26). The molecule has 1 amide bonds. The summed E-state index contributed by atoms with van der Waals surface area (Å²) in [7, 11) is 0. The van der Waals surface area contributed by atoms with Gasteiger partial charge in [-0.2, -0.15) is 0 Å². The van der Waals surface area contributed by atoms with Crippen LogP contribution in [-0.2, 0) is 11.4 Å². The molecule has 0 unspecified atom stereocenters. The second kappa shape index (κ2) is 9.39. The lowest BCUT2D eigenvalue weighted by molar-refractivity contribution is -0.113. The molecule has 0 aliphatic heterocycles. The fourth-order valence-electron chi connectivity index (χ4n) is 2.12. The molecule has 0 bridgehead atoms. The van der Waals surface area contributed by atoms with E-state index in [1.165, 1.54) is 16.8 Å². The first-order chi connectivity index (χ1) is 13.4. The zero-order chi connectivity index (χ0) is 20.1. The number of nitrogens with one attached hydrogen (secondary N) is 1. The quantitative estimate of drug-likeness (QED) is 0.354. The Morgan fingerprint density at radius 3 is 2.79 bits per heavy atom. The second-order valence-electron chi connectivity index (χ2n) is 5.45. The van der Waals surface area contributed by atoms with Crippen LogP contribution in [0.2, 0.25) is 0 Å². The smallest absolute Gasteiger partial charge is 0.234 e. The first kappa shape index (κ1) is 20.6. The maximum absolute atomic E-state index is 13.6. The molecule has 1 heterocycles. The molecule has 0 atom stereocenters. The van der Waals surface area contributed by atoms with Crippen LogP contribution >= 0.6 is 43.6 Å². The van der Waals surface area contributed by atoms with Crippen LogP contribution in [0.3, 0.4) is 0 Å². The van der Waals surface area contributed by atoms with Crippen molar-refractivity contribution < 1.29 is 13.9 Å². The minimum Gasteiger partial charge on any atom is -0.482 e. The predicted octanol–water partition coefficient (Wildman–Crippen LogP) is 3.97. The molecule has 0 saturated heterocycles. The number of amides is 1. The van der Waals surface area contributed by atoms with Crippen molar-refractivity contribution >= 4 is 55.2 Å². The number of hydrogen-bond donors (Lipinski definition) is 2. The number of halogens is 3. The van der Waals surface area contributed by atoms with Crippen LogP contribution in [-0.4, -0.2) is 26.5 Å². The summed E-state index contributed by atoms with van der Waals surface area (Å²) in [6, 6.07) is 11.5. The minimum absolute atomic E-state index is 0.0526. The third-order valence-electron chi connectivity index (χ3n) is 3.47. The van der Waals surface area contributed by atoms with Crippen molar-refractivity contribution in [2.24, 2.45) is 0 Å². The van der Waals surface area contributed by atoms with Gasteiger partial charge in [-0.05, 0) is 46.3 Å². The molecule has 11 heteroatoms. The maximum Gasteiger partial charge on any atom is 0.234 e. The highest BCUT2D eigenvalue weighted by Crippen LogP contribution is 2.26. The van der Waals surface area contributed by atoms with Gasteiger partial charge in [0.1, 0.15) is 6.61 Å². The van der Waals surface area contributed by atoms with Crippen LogP contribution < -0.4 is 15.9 Å². The molecule has 28 heavy (non-hydrogen) atoms. The molecular formula is C17H14Br2FN5O2S. The fraction of sp³-hybridized carbons (Fsp3) is 0.118. The number of nitrogens with two attached hydrogens (primary N) is 1. The Kier molecular flexibility index (Phi) is 6.92. The van der Waals surface area contributed by atoms with Gasteiger partial charge in [-0.3, -0.25) is 4.79 Å². The topological polar surface area (TPSA) is 95.1 Å². The van der Waals surface area contributed by atoms with Gasteiger partial charge >= 0.3 is 0 Å². The molecule has 0 radical (unpaired) electrons. The van der Waals surface area contributed by atoms with E-state index in [1.807, 2.05) is 12.1 Å². The highest BCUT2D eigenvalue weighted by atomic mass is 79.9. The summed E-state index contributed by atoms with van der Waals surface area (Å²) < 4.78 is 21.8. The van der Waals surface area contributed by atoms with Crippen molar-refractivity contribution in [1.82, 2.24) is 14.9 Å². The van der Waals surface area contributed by atoms with Gasteiger partial charge < -0.3 is 15.9 Å². The molecule has 0 spiro atoms. The van der Waals surface area contributed by atoms with Gasteiger partial charge in [0.05, 0.1) is 11.4 Å². The number of hydrogen-bond acceptors (Lipinski definition) is 6. The minimum atomic E-state index is -0.476. The van der Waals surface area contributed by atoms with Crippen molar-refractivity contribution in [2.75, 3.05) is 16.9 Å². The number of para-hydroxylation sites is 1. The first-order valence-electron chi connectivity index (χ1n) is 7.88. The second-order valence-corrected chi connectivity index (χ2v) is 8.16. The van der Waals surface area contributed by atoms with Crippen LogP contribution in [0.5, 0.6) is 5.75 Å². The fourth-order valence-corrected chi connectivity index (χ4v) is 3.94. The maximum atomic E-state index is 13.6. The van der Waals surface area contributed by atoms with E-state index < -0.39 is 5.82 Å². The molecule has 7 nitrogen and oxygen atoms in total. The van der Waals surface area contributed by atoms with Crippen molar-refractivity contribution in [3.63, 3.8) is 0 Å². The molecule has 1 aromatic heterocycles. The van der Waals surface area contributed by atoms with E-state index in [1.54, 1.807) is 18.2 Å². The summed E-state index contributed by atoms with van der Waals surface area (Å²) in [4.78, 5) is 12.2. The molecule has 3 aromatic rings. The number of thioether (sulfide) groups is 1. The Morgan fingerprint density at radius 1 is 1.25 bits per heavy atom. The van der Waals surface area contributed by atoms with E-state index in [4.69, 9.17) is 10.6 Å². The number of benzene rings is 2. The number of anilines is 1. The molecule has 0 fully saturated rings. The lowest BCUT2D eigenvalue weighted by Crippen LogP contribution is -2.18. The van der Waals surface area contributed by atoms with Gasteiger partial charge in [0.2, 0.25) is 11.1 Å². The zero-order valence-corrected chi connectivity index (χ0v) is 18.2. The molecular weight excluding hydrogens is 517 g/mol. The number of nitrogen functional groups attached to an aromatic ring is 1. The van der Waals surface area contributed by atoms with E-state index in [0.717, 1.165) is 20.7 Å². The Morgan fingerprint density at radius 2 is 2.04 bits per heavy atom. The third-order valence-corrected chi connectivity index (χ3v) is 5.56. The highest BCUT2D eigenvalue weighted by molar-refractivity contribution is 9.11. The number of rotatable bonds is 7. The molecule has 0 aliphatic rings. The Hall–Kier alpha value is -2.11. The molecule has 0 aliphatic carbocycles. The molecule has 3 N–H and O–H groups in total. The lowest BCUT2D eigenvalue weighted by atomic mass is 10.3. The van der Waals surface area contributed by atoms with Gasteiger partial charge in [-0.15, -0.1) is 10.2 Å². The van der Waals surface area contributed by atoms with Crippen LogP contribution in [0.4, 0.5) is 10.1 Å². The van der Waals surface area contributed by atoms with Gasteiger partial charge in [-0.1, -0.05) is 39.8 Å². The number of aromatic nitrogens is 3. The van der Waals surface area contributed by atoms with Crippen molar-refractivity contribution in [2.45, 2.75) is 11.8 Å². The molecule has 0 saturated carbocycles. The Bertz CT molecular complexity index is 1000. The normalized spacial score (nSPS) is 10.7. The third kappa shape index (κ3) is 5.24. The summed E-state index contributed by atoms with van der Waals surface area (Å²) in [5.74, 6) is 5.73. The number of carbonyl (C=O) groups excluding carboxylic acids is 1. The first-order valence-corrected chi connectivity index (χ1v) is 10.5. The van der Waals surface area contributed by atoms with Crippen LogP contribution in [0.25, 0.3) is 0 Å². The van der Waals surface area contributed by atoms with Gasteiger partial charge in [0.15, 0.2) is 17.4 Å². The van der Waals surface area contributed by atoms with Crippen molar-refractivity contribution in [3.05, 3.63) is 63.1 Å². The Labute approximate surface area is 181 Å². The van der Waals surface area contributed by atoms with Gasteiger partial charge in [0.25, 0.3) is 0 Å². The van der Waals surface area contributed by atoms with E-state index >= 15 is 0 Å². The number of carbonyl (C=O) groups is 1. The van der Waals surface area contributed by atoms with E-state index in [0.29, 0.717) is 16.7 Å². The van der Waals surface area contributed by atoms with Crippen molar-refractivity contribution in [1.29, 1.82) is 0 Å². The average Bonchev–Trinajstić information content (AvgIpc) is 3.01. The monoisotopic (exact) mass is 529 g/mol. The molecule has 3 rings (SSSR count). The van der Waals surface area contributed by atoms with Gasteiger partial charge in [-0.25, -0.2) is 9.07 Å². The molecule has 2 aromatic carbocycles. The predicted molar refractivity (Wildman–Crippen MR) is 112 cm³/mol.